The number of ether oxygens (including phenoxy) is 1. The Hall–Kier alpha value is -2.17. The van der Waals surface area contributed by atoms with Gasteiger partial charge in [-0.25, -0.2) is 0 Å². The van der Waals surface area contributed by atoms with Gasteiger partial charge in [0.1, 0.15) is 0 Å². The summed E-state index contributed by atoms with van der Waals surface area (Å²) >= 11 is 0. The first-order chi connectivity index (χ1) is 14.5. The predicted octanol–water partition coefficient (Wildman–Crippen LogP) is 4.60. The van der Waals surface area contributed by atoms with E-state index >= 15 is 0 Å². The summed E-state index contributed by atoms with van der Waals surface area (Å²) in [6.07, 6.45) is 12.1. The maximum Gasteiger partial charge on any atom is 0.254 e. The fraction of sp³-hybridized carbons (Fsp3) is 0.500. The quantitative estimate of drug-likeness (QED) is 0.647. The molecule has 1 amide bonds. The number of carbonyl (C=O) groups excluding carboxylic acids is 1. The third-order valence-corrected chi connectivity index (χ3v) is 7.02. The first-order valence-electron chi connectivity index (χ1n) is 11.2. The molecule has 0 unspecified atom stereocenters. The number of hydrogen-bond donors (Lipinski definition) is 0. The van der Waals surface area contributed by atoms with Crippen LogP contribution in [0, 0.1) is 0 Å². The Morgan fingerprint density at radius 1 is 1.13 bits per heavy atom. The van der Waals surface area contributed by atoms with Crippen LogP contribution in [0.4, 0.5) is 0 Å². The molecule has 3 fully saturated rings. The molecule has 0 radical (unpaired) electrons. The molecule has 1 aromatic rings. The van der Waals surface area contributed by atoms with Gasteiger partial charge in [0, 0.05) is 18.2 Å². The third-order valence-electron chi connectivity index (χ3n) is 7.02. The second-order valence-corrected chi connectivity index (χ2v) is 9.32. The van der Waals surface area contributed by atoms with Crippen molar-refractivity contribution in [2.24, 2.45) is 0 Å². The normalized spacial score (nSPS) is 28.0. The Bertz CT molecular complexity index is 817. The molecule has 30 heavy (non-hydrogen) atoms. The highest BCUT2D eigenvalue weighted by Gasteiger charge is 2.56. The molecule has 1 aliphatic heterocycles. The van der Waals surface area contributed by atoms with Crippen molar-refractivity contribution in [3.8, 4) is 0 Å². The zero-order valence-electron chi connectivity index (χ0n) is 18.2. The molecule has 3 aliphatic rings. The second-order valence-electron chi connectivity index (χ2n) is 9.32. The van der Waals surface area contributed by atoms with Gasteiger partial charge in [0.15, 0.2) is 0 Å². The molecule has 0 bridgehead atoms. The summed E-state index contributed by atoms with van der Waals surface area (Å²) < 4.78 is 6.75. The lowest BCUT2D eigenvalue weighted by molar-refractivity contribution is -0.178. The van der Waals surface area contributed by atoms with E-state index in [-0.39, 0.29) is 17.1 Å². The highest BCUT2D eigenvalue weighted by Crippen LogP contribution is 2.50. The number of rotatable bonds is 6. The van der Waals surface area contributed by atoms with Crippen molar-refractivity contribution in [1.29, 1.82) is 0 Å². The van der Waals surface area contributed by atoms with E-state index in [4.69, 9.17) is 4.74 Å². The molecule has 4 heteroatoms. The number of allylic oxidation sites excluding steroid dienone is 2. The minimum Gasteiger partial charge on any atom is -0.365 e. The van der Waals surface area contributed by atoms with E-state index in [2.05, 4.69) is 30.0 Å². The molecule has 0 aromatic heterocycles. The number of carbonyl (C=O) groups is 1. The van der Waals surface area contributed by atoms with E-state index in [1.54, 1.807) is 0 Å². The van der Waals surface area contributed by atoms with Crippen molar-refractivity contribution in [2.45, 2.75) is 55.8 Å². The third kappa shape index (κ3) is 4.45. The Morgan fingerprint density at radius 2 is 1.77 bits per heavy atom. The van der Waals surface area contributed by atoms with Crippen molar-refractivity contribution in [1.82, 2.24) is 9.80 Å². The van der Waals surface area contributed by atoms with E-state index in [9.17, 15) is 4.79 Å². The van der Waals surface area contributed by atoms with E-state index < -0.39 is 0 Å². The van der Waals surface area contributed by atoms with Crippen LogP contribution in [0.15, 0.2) is 67.3 Å². The van der Waals surface area contributed by atoms with Gasteiger partial charge in [-0.05, 0) is 63.3 Å². The number of benzene rings is 1. The van der Waals surface area contributed by atoms with Gasteiger partial charge in [-0.15, -0.1) is 0 Å². The SMILES string of the molecule is C=C/C=C(\C=C)CN(C)C1CCC2(CC1)CN(C(=O)c1ccccc1)CC1(CC1)O2. The summed E-state index contributed by atoms with van der Waals surface area (Å²) in [4.78, 5) is 17.7. The molecular weight excluding hydrogens is 372 g/mol. The summed E-state index contributed by atoms with van der Waals surface area (Å²) in [5.41, 5.74) is 1.70. The number of morpholine rings is 1. The maximum absolute atomic E-state index is 13.2. The number of hydrogen-bond acceptors (Lipinski definition) is 3. The Labute approximate surface area is 180 Å². The van der Waals surface area contributed by atoms with Gasteiger partial charge in [0.05, 0.1) is 24.3 Å². The van der Waals surface area contributed by atoms with E-state index in [1.807, 2.05) is 48.6 Å². The largest absolute Gasteiger partial charge is 0.365 e. The van der Waals surface area contributed by atoms with Crippen LogP contribution in [0.25, 0.3) is 0 Å². The molecule has 0 atom stereocenters. The number of likely N-dealkylation sites (N-methyl/N-ethyl adjacent to an activating group) is 1. The van der Waals surface area contributed by atoms with Gasteiger partial charge >= 0.3 is 0 Å². The Kier molecular flexibility index (Phi) is 5.99. The summed E-state index contributed by atoms with van der Waals surface area (Å²) in [5.74, 6) is 0.147. The fourth-order valence-corrected chi connectivity index (χ4v) is 5.17. The van der Waals surface area contributed by atoms with Crippen LogP contribution in [-0.4, -0.2) is 59.6 Å². The summed E-state index contributed by atoms with van der Waals surface area (Å²) in [6.45, 7) is 10.1. The first kappa shape index (κ1) is 21.1. The van der Waals surface area contributed by atoms with Gasteiger partial charge in [-0.2, -0.15) is 0 Å². The summed E-state index contributed by atoms with van der Waals surface area (Å²) in [5, 5.41) is 0. The maximum atomic E-state index is 13.2. The van der Waals surface area contributed by atoms with Crippen molar-refractivity contribution in [3.63, 3.8) is 0 Å². The van der Waals surface area contributed by atoms with E-state index in [0.29, 0.717) is 12.6 Å². The van der Waals surface area contributed by atoms with Crippen molar-refractivity contribution >= 4 is 5.91 Å². The first-order valence-corrected chi connectivity index (χ1v) is 11.2. The molecule has 2 spiro atoms. The van der Waals surface area contributed by atoms with Crippen LogP contribution in [0.1, 0.15) is 48.9 Å². The van der Waals surface area contributed by atoms with Gasteiger partial charge in [-0.1, -0.05) is 49.6 Å². The lowest BCUT2D eigenvalue weighted by atomic mass is 9.79. The van der Waals surface area contributed by atoms with Crippen molar-refractivity contribution < 1.29 is 9.53 Å². The van der Waals surface area contributed by atoms with E-state index in [1.165, 1.54) is 5.57 Å². The zero-order valence-corrected chi connectivity index (χ0v) is 18.2. The molecule has 1 aromatic carbocycles. The molecule has 1 heterocycles. The molecule has 1 saturated heterocycles. The monoisotopic (exact) mass is 406 g/mol. The summed E-state index contributed by atoms with van der Waals surface area (Å²) in [7, 11) is 2.19. The van der Waals surface area contributed by atoms with Crippen LogP contribution in [0.5, 0.6) is 0 Å². The van der Waals surface area contributed by atoms with Gasteiger partial charge in [0.2, 0.25) is 0 Å². The molecule has 160 valence electrons. The Balaban J connectivity index is 1.42. The number of nitrogens with zero attached hydrogens (tertiary/aromatic N) is 2. The second kappa shape index (κ2) is 8.52. The van der Waals surface area contributed by atoms with Crippen LogP contribution in [0.2, 0.25) is 0 Å². The molecule has 4 nitrogen and oxygen atoms in total. The number of amides is 1. The average Bonchev–Trinajstić information content (AvgIpc) is 3.51. The fourth-order valence-electron chi connectivity index (χ4n) is 5.17. The van der Waals surface area contributed by atoms with Gasteiger partial charge in [-0.3, -0.25) is 9.69 Å². The van der Waals surface area contributed by atoms with Gasteiger partial charge in [0.25, 0.3) is 5.91 Å². The smallest absolute Gasteiger partial charge is 0.254 e. The standard InChI is InChI=1S/C26H34N2O2/c1-4-9-21(5-2)18-27(3)23-12-14-25(15-13-23)19-28(20-26(30-25)16-17-26)24(29)22-10-7-6-8-11-22/h4-11,23H,1-2,12-20H2,3H3/b21-9+. The minimum absolute atomic E-state index is 0.0931. The molecular formula is C26H34N2O2. The lowest BCUT2D eigenvalue weighted by Gasteiger charge is -2.51. The molecule has 0 N–H and O–H groups in total. The van der Waals surface area contributed by atoms with Crippen LogP contribution < -0.4 is 0 Å². The highest BCUT2D eigenvalue weighted by atomic mass is 16.5. The van der Waals surface area contributed by atoms with Crippen LogP contribution in [0.3, 0.4) is 0 Å². The zero-order chi connectivity index (χ0) is 21.2. The topological polar surface area (TPSA) is 32.8 Å². The highest BCUT2D eigenvalue weighted by molar-refractivity contribution is 5.94. The molecule has 2 aliphatic carbocycles. The summed E-state index contributed by atoms with van der Waals surface area (Å²) in [6, 6.07) is 10.2. The molecule has 2 saturated carbocycles. The van der Waals surface area contributed by atoms with Gasteiger partial charge < -0.3 is 9.64 Å². The minimum atomic E-state index is -0.186. The van der Waals surface area contributed by atoms with Crippen LogP contribution in [-0.2, 0) is 4.74 Å². The lowest BCUT2D eigenvalue weighted by Crippen LogP contribution is -2.60. The molecule has 4 rings (SSSR count). The van der Waals surface area contributed by atoms with Crippen LogP contribution >= 0.6 is 0 Å². The van der Waals surface area contributed by atoms with Crippen molar-refractivity contribution in [2.75, 3.05) is 26.7 Å². The predicted molar refractivity (Wildman–Crippen MR) is 121 cm³/mol. The van der Waals surface area contributed by atoms with E-state index in [0.717, 1.165) is 57.2 Å². The van der Waals surface area contributed by atoms with Crippen molar-refractivity contribution in [3.05, 3.63) is 72.9 Å². The Morgan fingerprint density at radius 3 is 2.33 bits per heavy atom. The average molecular weight is 407 g/mol.